The van der Waals surface area contributed by atoms with Crippen molar-refractivity contribution < 1.29 is 5.11 Å². The molecule has 2 aromatic heterocycles. The maximum absolute atomic E-state index is 9.84. The minimum absolute atomic E-state index is 0.135. The van der Waals surface area contributed by atoms with Gasteiger partial charge in [-0.25, -0.2) is 0 Å². The highest BCUT2D eigenvalue weighted by molar-refractivity contribution is 7.10. The molecule has 0 amide bonds. The van der Waals surface area contributed by atoms with E-state index in [1.807, 2.05) is 19.3 Å². The fourth-order valence-corrected chi connectivity index (χ4v) is 5.54. The van der Waals surface area contributed by atoms with Gasteiger partial charge in [-0.15, -0.1) is 11.3 Å². The van der Waals surface area contributed by atoms with Crippen LogP contribution in [0.2, 0.25) is 0 Å². The monoisotopic (exact) mass is 470 g/mol. The lowest BCUT2D eigenvalue weighted by Crippen LogP contribution is -2.10. The summed E-state index contributed by atoms with van der Waals surface area (Å²) in [6, 6.07) is 17.3. The zero-order chi connectivity index (χ0) is 23.5. The minimum Gasteiger partial charge on any atom is -0.393 e. The predicted molar refractivity (Wildman–Crippen MR) is 142 cm³/mol. The Hall–Kier alpha value is -3.06. The molecule has 0 radical (unpaired) electrons. The molecule has 1 aliphatic carbocycles. The molecule has 0 spiro atoms. The summed E-state index contributed by atoms with van der Waals surface area (Å²) >= 11 is 1.78. The number of fused-ring (bicyclic) bond motifs is 1. The van der Waals surface area contributed by atoms with E-state index in [4.69, 9.17) is 0 Å². The fourth-order valence-electron chi connectivity index (χ4n) is 4.63. The summed E-state index contributed by atoms with van der Waals surface area (Å²) in [6.07, 6.45) is 6.21. The third-order valence-corrected chi connectivity index (χ3v) is 7.62. The fraction of sp³-hybridized carbons (Fsp3) is 0.286. The topological polar surface area (TPSA) is 70.1 Å². The molecule has 5 rings (SSSR count). The number of nitrogens with zero attached hydrogens (tertiary/aromatic N) is 2. The number of hydrogen-bond acceptors (Lipinski definition) is 6. The SMILES string of the molecule is CNCc1ccccc1-c1csc([C@@H](C)Nc2cnnc3ccc(C4=CCC(O)CC4)cc23)c1. The molecule has 0 saturated heterocycles. The van der Waals surface area contributed by atoms with Gasteiger partial charge in [0.05, 0.1) is 29.5 Å². The number of anilines is 1. The first kappa shape index (κ1) is 22.7. The van der Waals surface area contributed by atoms with E-state index in [2.05, 4.69) is 81.7 Å². The standard InChI is InChI=1S/C28H30N4OS/c1-18(28-14-22(17-34-28)24-6-4-3-5-21(24)15-29-2)31-27-16-30-32-26-12-9-20(13-25(26)27)19-7-10-23(33)11-8-19/h3-7,9,12-14,16-18,23,29,33H,8,10-11,15H2,1-2H3,(H,31,32)/t18-,23?/m1/s1. The summed E-state index contributed by atoms with van der Waals surface area (Å²) in [5, 5.41) is 28.7. The molecule has 3 N–H and O–H groups in total. The van der Waals surface area contributed by atoms with Crippen molar-refractivity contribution in [3.05, 3.63) is 82.2 Å². The van der Waals surface area contributed by atoms with Crippen molar-refractivity contribution in [1.82, 2.24) is 15.5 Å². The van der Waals surface area contributed by atoms with Gasteiger partial charge in [-0.2, -0.15) is 10.2 Å². The molecule has 0 fully saturated rings. The van der Waals surface area contributed by atoms with E-state index in [1.165, 1.54) is 32.7 Å². The van der Waals surface area contributed by atoms with Gasteiger partial charge in [0.25, 0.3) is 0 Å². The van der Waals surface area contributed by atoms with E-state index >= 15 is 0 Å². The van der Waals surface area contributed by atoms with Crippen LogP contribution in [-0.2, 0) is 6.54 Å². The van der Waals surface area contributed by atoms with E-state index in [0.29, 0.717) is 0 Å². The Morgan fingerprint density at radius 2 is 2.03 bits per heavy atom. The molecular formula is C28H30N4OS. The molecule has 34 heavy (non-hydrogen) atoms. The lowest BCUT2D eigenvalue weighted by molar-refractivity contribution is 0.166. The third-order valence-electron chi connectivity index (χ3n) is 6.51. The Bertz CT molecular complexity index is 1330. The summed E-state index contributed by atoms with van der Waals surface area (Å²) in [4.78, 5) is 1.28. The van der Waals surface area contributed by atoms with Crippen LogP contribution >= 0.6 is 11.3 Å². The van der Waals surface area contributed by atoms with Gasteiger partial charge in [0, 0.05) is 16.8 Å². The van der Waals surface area contributed by atoms with Gasteiger partial charge >= 0.3 is 0 Å². The van der Waals surface area contributed by atoms with Crippen molar-refractivity contribution in [3.63, 3.8) is 0 Å². The Balaban J connectivity index is 1.41. The summed E-state index contributed by atoms with van der Waals surface area (Å²) in [5.74, 6) is 0. The summed E-state index contributed by atoms with van der Waals surface area (Å²) in [7, 11) is 1.98. The van der Waals surface area contributed by atoms with Crippen LogP contribution in [0, 0.1) is 0 Å². The van der Waals surface area contributed by atoms with Gasteiger partial charge in [-0.3, -0.25) is 0 Å². The van der Waals surface area contributed by atoms with Crippen molar-refractivity contribution in [3.8, 4) is 11.1 Å². The Labute approximate surface area is 204 Å². The smallest absolute Gasteiger partial charge is 0.0950 e. The second-order valence-corrected chi connectivity index (χ2v) is 9.88. The van der Waals surface area contributed by atoms with E-state index in [-0.39, 0.29) is 12.1 Å². The van der Waals surface area contributed by atoms with Gasteiger partial charge in [-0.1, -0.05) is 36.4 Å². The number of thiophene rings is 1. The number of nitrogens with one attached hydrogen (secondary N) is 2. The highest BCUT2D eigenvalue weighted by Gasteiger charge is 2.16. The minimum atomic E-state index is -0.214. The molecule has 2 atom stereocenters. The quantitative estimate of drug-likeness (QED) is 0.301. The van der Waals surface area contributed by atoms with Gasteiger partial charge < -0.3 is 15.7 Å². The van der Waals surface area contributed by atoms with E-state index in [1.54, 1.807) is 11.3 Å². The van der Waals surface area contributed by atoms with Crippen LogP contribution in [0.5, 0.6) is 0 Å². The molecule has 1 aliphatic rings. The van der Waals surface area contributed by atoms with Crippen molar-refractivity contribution >= 4 is 33.5 Å². The average molecular weight is 471 g/mol. The number of hydrogen-bond donors (Lipinski definition) is 3. The predicted octanol–water partition coefficient (Wildman–Crippen LogP) is 6.18. The van der Waals surface area contributed by atoms with E-state index in [9.17, 15) is 5.11 Å². The second kappa shape index (κ2) is 10.1. The number of allylic oxidation sites excluding steroid dienone is 1. The first-order valence-electron chi connectivity index (χ1n) is 11.8. The van der Waals surface area contributed by atoms with Crippen LogP contribution < -0.4 is 10.6 Å². The molecule has 0 bridgehead atoms. The Morgan fingerprint density at radius 3 is 2.85 bits per heavy atom. The first-order valence-corrected chi connectivity index (χ1v) is 12.7. The van der Waals surface area contributed by atoms with Gasteiger partial charge in [0.1, 0.15) is 0 Å². The van der Waals surface area contributed by atoms with Crippen LogP contribution in [0.4, 0.5) is 5.69 Å². The number of aromatic nitrogens is 2. The molecule has 2 aromatic carbocycles. The van der Waals surface area contributed by atoms with Gasteiger partial charge in [0.15, 0.2) is 0 Å². The zero-order valence-corrected chi connectivity index (χ0v) is 20.4. The largest absolute Gasteiger partial charge is 0.393 e. The molecule has 174 valence electrons. The summed E-state index contributed by atoms with van der Waals surface area (Å²) in [5.41, 5.74) is 8.20. The Kier molecular flexibility index (Phi) is 6.72. The number of aliphatic hydroxyl groups is 1. The van der Waals surface area contributed by atoms with Crippen molar-refractivity contribution in [1.29, 1.82) is 0 Å². The zero-order valence-electron chi connectivity index (χ0n) is 19.6. The molecule has 2 heterocycles. The molecule has 6 heteroatoms. The van der Waals surface area contributed by atoms with Crippen molar-refractivity contribution in [2.24, 2.45) is 0 Å². The van der Waals surface area contributed by atoms with Gasteiger partial charge in [-0.05, 0) is 84.6 Å². The van der Waals surface area contributed by atoms with Crippen molar-refractivity contribution in [2.75, 3.05) is 12.4 Å². The normalized spacial score (nSPS) is 16.9. The first-order chi connectivity index (χ1) is 16.6. The maximum Gasteiger partial charge on any atom is 0.0950 e. The molecule has 0 aliphatic heterocycles. The second-order valence-electron chi connectivity index (χ2n) is 8.94. The van der Waals surface area contributed by atoms with Crippen LogP contribution in [0.15, 0.2) is 66.2 Å². The van der Waals surface area contributed by atoms with Crippen LogP contribution in [0.25, 0.3) is 27.6 Å². The summed E-state index contributed by atoms with van der Waals surface area (Å²) < 4.78 is 0. The van der Waals surface area contributed by atoms with Crippen LogP contribution in [-0.4, -0.2) is 28.5 Å². The lowest BCUT2D eigenvalue weighted by Gasteiger charge is -2.19. The average Bonchev–Trinajstić information content (AvgIpc) is 3.35. The molecular weight excluding hydrogens is 440 g/mol. The van der Waals surface area contributed by atoms with E-state index in [0.717, 1.165) is 42.4 Å². The Morgan fingerprint density at radius 1 is 1.15 bits per heavy atom. The highest BCUT2D eigenvalue weighted by Crippen LogP contribution is 2.35. The van der Waals surface area contributed by atoms with Crippen LogP contribution in [0.1, 0.15) is 48.2 Å². The molecule has 5 nitrogen and oxygen atoms in total. The van der Waals surface area contributed by atoms with Crippen LogP contribution in [0.3, 0.4) is 0 Å². The number of benzene rings is 2. The highest BCUT2D eigenvalue weighted by atomic mass is 32.1. The van der Waals surface area contributed by atoms with Gasteiger partial charge in [0.2, 0.25) is 0 Å². The maximum atomic E-state index is 9.84. The molecule has 1 unspecified atom stereocenters. The molecule has 0 saturated carbocycles. The number of rotatable bonds is 7. The molecule has 4 aromatic rings. The van der Waals surface area contributed by atoms with Crippen molar-refractivity contribution in [2.45, 2.75) is 44.9 Å². The summed E-state index contributed by atoms with van der Waals surface area (Å²) in [6.45, 7) is 3.04. The lowest BCUT2D eigenvalue weighted by atomic mass is 9.91. The third kappa shape index (κ3) is 4.75. The van der Waals surface area contributed by atoms with E-state index < -0.39 is 0 Å². The number of aliphatic hydroxyl groups excluding tert-OH is 1.